The van der Waals surface area contributed by atoms with E-state index in [1.54, 1.807) is 57.2 Å². The molecular formula is C46H55N5O8. The predicted octanol–water partition coefficient (Wildman–Crippen LogP) is 6.62. The largest absolute Gasteiger partial charge is 0.508 e. The number of aromatic hydroxyl groups is 1. The number of phenolic OH excluding ortho intramolecular Hbond substituents is 1. The van der Waals surface area contributed by atoms with Crippen LogP contribution in [0.3, 0.4) is 0 Å². The molecule has 1 aliphatic rings. The first kappa shape index (κ1) is 43.7. The number of rotatable bonds is 15. The van der Waals surface area contributed by atoms with Crippen LogP contribution in [0.4, 0.5) is 15.3 Å². The smallest absolute Gasteiger partial charge is 0.408 e. The zero-order valence-corrected chi connectivity index (χ0v) is 34.4. The van der Waals surface area contributed by atoms with Crippen molar-refractivity contribution in [1.29, 1.82) is 0 Å². The van der Waals surface area contributed by atoms with Gasteiger partial charge in [-0.25, -0.2) is 9.59 Å². The number of carbonyl (C=O) groups is 5. The molecule has 0 fully saturated rings. The van der Waals surface area contributed by atoms with Crippen LogP contribution in [0, 0.1) is 13.8 Å². The number of amides is 5. The number of nitrogens with one attached hydrogen (secondary N) is 4. The molecule has 3 atom stereocenters. The molecule has 5 amide bonds. The zero-order valence-electron chi connectivity index (χ0n) is 34.4. The van der Waals surface area contributed by atoms with Crippen molar-refractivity contribution in [1.82, 2.24) is 20.9 Å². The Morgan fingerprint density at radius 1 is 0.797 bits per heavy atom. The molecule has 5 N–H and O–H groups in total. The number of carbonyl (C=O) groups excluding carboxylic acids is 5. The van der Waals surface area contributed by atoms with E-state index in [0.29, 0.717) is 25.1 Å². The van der Waals surface area contributed by atoms with E-state index in [2.05, 4.69) is 21.3 Å². The number of unbranched alkanes of at least 4 members (excludes halogenated alkanes) is 1. The second-order valence-electron chi connectivity index (χ2n) is 15.8. The Balaban J connectivity index is 1.35. The molecule has 4 aromatic carbocycles. The van der Waals surface area contributed by atoms with Crippen LogP contribution >= 0.6 is 0 Å². The van der Waals surface area contributed by atoms with E-state index in [1.807, 2.05) is 74.5 Å². The molecule has 1 aliphatic heterocycles. The van der Waals surface area contributed by atoms with E-state index < -0.39 is 53.6 Å². The lowest BCUT2D eigenvalue weighted by Gasteiger charge is -2.39. The van der Waals surface area contributed by atoms with Gasteiger partial charge in [-0.05, 0) is 112 Å². The highest BCUT2D eigenvalue weighted by molar-refractivity contribution is 5.99. The van der Waals surface area contributed by atoms with Gasteiger partial charge in [-0.1, -0.05) is 72.8 Å². The first-order valence-corrected chi connectivity index (χ1v) is 19.9. The summed E-state index contributed by atoms with van der Waals surface area (Å²) in [5.74, 6) is -1.39. The third-order valence-electron chi connectivity index (χ3n) is 9.99. The standard InChI is InChI=1S/C46H55N5O8/c1-30-24-36(52)25-31(2)37(30)27-39(50-45(57)59-46(3,4)5)43(55)51-28-34-19-13-12-18-33(34)26-40(51)42(54)49-38(41(53)48-35-20-10-7-11-21-35)22-14-15-23-47-44(56)58-29-32-16-8-6-9-17-32/h6-13,16-21,24-25,38-40,52H,14-15,22-23,26-29H2,1-5H3,(H,47,56)(H,48,53)(H,49,54)(H,50,57)/t38-,39?,40?/m0/s1. The SMILES string of the molecule is Cc1cc(O)cc(C)c1CC(NC(=O)OC(C)(C)C)C(=O)N1Cc2ccccc2CC1C(=O)N[C@@H](CCCCNC(=O)OCc1ccccc1)C(=O)Nc1ccccc1. The molecule has 13 heteroatoms. The summed E-state index contributed by atoms with van der Waals surface area (Å²) in [5, 5.41) is 21.6. The van der Waals surface area contributed by atoms with Gasteiger partial charge in [-0.3, -0.25) is 14.4 Å². The molecule has 0 saturated carbocycles. The second-order valence-corrected chi connectivity index (χ2v) is 15.8. The summed E-state index contributed by atoms with van der Waals surface area (Å²) in [6.45, 7) is 9.32. The number of hydrogen-bond acceptors (Lipinski definition) is 8. The Bertz CT molecular complexity index is 2060. The molecule has 0 aliphatic carbocycles. The van der Waals surface area contributed by atoms with Gasteiger partial charge in [0.2, 0.25) is 17.7 Å². The van der Waals surface area contributed by atoms with Crippen LogP contribution in [0.15, 0.2) is 97.1 Å². The molecule has 1 heterocycles. The Morgan fingerprint density at radius 2 is 1.42 bits per heavy atom. The molecule has 0 saturated heterocycles. The summed E-state index contributed by atoms with van der Waals surface area (Å²) in [4.78, 5) is 70.1. The normalized spacial score (nSPS) is 14.5. The van der Waals surface area contributed by atoms with E-state index in [-0.39, 0.29) is 38.2 Å². The second kappa shape index (κ2) is 20.4. The minimum atomic E-state index is -1.14. The number of ether oxygens (including phenoxy) is 2. The van der Waals surface area contributed by atoms with Crippen molar-refractivity contribution >= 4 is 35.6 Å². The Labute approximate surface area is 345 Å². The number of phenols is 1. The van der Waals surface area contributed by atoms with Crippen LogP contribution in [0.5, 0.6) is 5.75 Å². The summed E-state index contributed by atoms with van der Waals surface area (Å²) >= 11 is 0. The maximum absolute atomic E-state index is 14.8. The molecule has 2 unspecified atom stereocenters. The van der Waals surface area contributed by atoms with Gasteiger partial charge in [-0.2, -0.15) is 0 Å². The average molecular weight is 806 g/mol. The van der Waals surface area contributed by atoms with E-state index in [1.165, 1.54) is 4.90 Å². The highest BCUT2D eigenvalue weighted by Crippen LogP contribution is 2.27. The topological polar surface area (TPSA) is 175 Å². The number of nitrogens with zero attached hydrogens (tertiary/aromatic N) is 1. The molecule has 0 aromatic heterocycles. The van der Waals surface area contributed by atoms with E-state index in [0.717, 1.165) is 33.4 Å². The van der Waals surface area contributed by atoms with Crippen molar-refractivity contribution in [2.75, 3.05) is 11.9 Å². The number of aryl methyl sites for hydroxylation is 2. The number of benzene rings is 4. The van der Waals surface area contributed by atoms with Crippen LogP contribution in [-0.4, -0.2) is 70.2 Å². The van der Waals surface area contributed by atoms with Crippen molar-refractivity contribution in [3.63, 3.8) is 0 Å². The molecule has 5 rings (SSSR count). The third-order valence-corrected chi connectivity index (χ3v) is 9.99. The van der Waals surface area contributed by atoms with Gasteiger partial charge in [0, 0.05) is 31.6 Å². The van der Waals surface area contributed by atoms with E-state index >= 15 is 0 Å². The monoisotopic (exact) mass is 805 g/mol. The Morgan fingerprint density at radius 3 is 2.08 bits per heavy atom. The molecule has 312 valence electrons. The van der Waals surface area contributed by atoms with Crippen LogP contribution in [0.2, 0.25) is 0 Å². The lowest BCUT2D eigenvalue weighted by atomic mass is 9.91. The van der Waals surface area contributed by atoms with Crippen LogP contribution < -0.4 is 21.3 Å². The number of hydrogen-bond donors (Lipinski definition) is 5. The van der Waals surface area contributed by atoms with Gasteiger partial charge in [0.15, 0.2) is 0 Å². The first-order chi connectivity index (χ1) is 28.2. The lowest BCUT2D eigenvalue weighted by molar-refractivity contribution is -0.144. The van der Waals surface area contributed by atoms with E-state index in [4.69, 9.17) is 9.47 Å². The fraction of sp³-hybridized carbons (Fsp3) is 0.370. The van der Waals surface area contributed by atoms with Crippen molar-refractivity contribution in [2.45, 2.75) is 104 Å². The maximum atomic E-state index is 14.8. The van der Waals surface area contributed by atoms with Gasteiger partial charge in [0.05, 0.1) is 0 Å². The molecule has 13 nitrogen and oxygen atoms in total. The van der Waals surface area contributed by atoms with Crippen LogP contribution in [0.25, 0.3) is 0 Å². The predicted molar refractivity (Wildman–Crippen MR) is 224 cm³/mol. The van der Waals surface area contributed by atoms with Crippen LogP contribution in [-0.2, 0) is 49.9 Å². The quantitative estimate of drug-likeness (QED) is 0.0834. The average Bonchev–Trinajstić information content (AvgIpc) is 3.19. The molecule has 4 aromatic rings. The summed E-state index contributed by atoms with van der Waals surface area (Å²) in [7, 11) is 0. The van der Waals surface area contributed by atoms with Crippen molar-refractivity contribution < 1.29 is 38.6 Å². The summed E-state index contributed by atoms with van der Waals surface area (Å²) in [6.07, 6.45) is 0.101. The Hall–Kier alpha value is -6.37. The van der Waals surface area contributed by atoms with E-state index in [9.17, 15) is 29.1 Å². The molecular weight excluding hydrogens is 751 g/mol. The third kappa shape index (κ3) is 13.1. The summed E-state index contributed by atoms with van der Waals surface area (Å²) < 4.78 is 10.9. The summed E-state index contributed by atoms with van der Waals surface area (Å²) in [6, 6.07) is 25.8. The zero-order chi connectivity index (χ0) is 42.5. The number of fused-ring (bicyclic) bond motifs is 1. The first-order valence-electron chi connectivity index (χ1n) is 19.9. The highest BCUT2D eigenvalue weighted by Gasteiger charge is 2.40. The maximum Gasteiger partial charge on any atom is 0.408 e. The highest BCUT2D eigenvalue weighted by atomic mass is 16.6. The minimum absolute atomic E-state index is 0.0679. The minimum Gasteiger partial charge on any atom is -0.508 e. The number of alkyl carbamates (subject to hydrolysis) is 2. The molecule has 0 radical (unpaired) electrons. The van der Waals surface area contributed by atoms with Gasteiger partial charge >= 0.3 is 12.2 Å². The lowest BCUT2D eigenvalue weighted by Crippen LogP contribution is -2.60. The summed E-state index contributed by atoms with van der Waals surface area (Å²) in [5.41, 5.74) is 4.54. The molecule has 0 spiro atoms. The Kier molecular flexibility index (Phi) is 15.1. The van der Waals surface area contributed by atoms with Crippen molar-refractivity contribution in [3.8, 4) is 5.75 Å². The number of anilines is 1. The van der Waals surface area contributed by atoms with Crippen LogP contribution in [0.1, 0.15) is 73.4 Å². The molecule has 0 bridgehead atoms. The van der Waals surface area contributed by atoms with Crippen molar-refractivity contribution in [3.05, 3.63) is 130 Å². The van der Waals surface area contributed by atoms with Gasteiger partial charge in [0.25, 0.3) is 0 Å². The fourth-order valence-corrected chi connectivity index (χ4v) is 7.06. The van der Waals surface area contributed by atoms with Crippen molar-refractivity contribution in [2.24, 2.45) is 0 Å². The van der Waals surface area contributed by atoms with Gasteiger partial charge in [-0.15, -0.1) is 0 Å². The fourth-order valence-electron chi connectivity index (χ4n) is 7.06. The number of para-hydroxylation sites is 1. The molecule has 59 heavy (non-hydrogen) atoms. The van der Waals surface area contributed by atoms with Gasteiger partial charge in [0.1, 0.15) is 36.1 Å². The van der Waals surface area contributed by atoms with Gasteiger partial charge < -0.3 is 40.7 Å².